The van der Waals surface area contributed by atoms with Crippen molar-refractivity contribution in [1.29, 1.82) is 0 Å². The van der Waals surface area contributed by atoms with E-state index in [0.717, 1.165) is 30.5 Å². The Morgan fingerprint density at radius 2 is 2.08 bits per heavy atom. The zero-order valence-corrected chi connectivity index (χ0v) is 16.5. The van der Waals surface area contributed by atoms with Crippen molar-refractivity contribution in [2.45, 2.75) is 24.9 Å². The molecular formula is C19H21N3O2S2. The van der Waals surface area contributed by atoms with Gasteiger partial charge in [0.15, 0.2) is 5.16 Å². The first kappa shape index (κ1) is 18.7. The molecule has 3 aromatic rings. The molecular weight excluding hydrogens is 366 g/mol. The van der Waals surface area contributed by atoms with Gasteiger partial charge < -0.3 is 9.88 Å². The van der Waals surface area contributed by atoms with Crippen molar-refractivity contribution in [2.24, 2.45) is 0 Å². The summed E-state index contributed by atoms with van der Waals surface area (Å²) in [6.45, 7) is 2.85. The molecule has 0 aliphatic heterocycles. The number of unbranched alkanes of at least 4 members (excludes halogenated alkanes) is 1. The number of nitrogens with one attached hydrogen (secondary N) is 1. The third-order valence-corrected chi connectivity index (χ3v) is 5.84. The van der Waals surface area contributed by atoms with E-state index in [1.165, 1.54) is 23.1 Å². The summed E-state index contributed by atoms with van der Waals surface area (Å²) in [6.07, 6.45) is 2.05. The highest BCUT2D eigenvalue weighted by atomic mass is 32.2. The quantitative estimate of drug-likeness (QED) is 0.491. The summed E-state index contributed by atoms with van der Waals surface area (Å²) in [5.74, 6) is 0.313. The van der Waals surface area contributed by atoms with Crippen molar-refractivity contribution in [2.75, 3.05) is 19.3 Å². The number of H-pyrrole nitrogens is 1. The smallest absolute Gasteiger partial charge is 0.260 e. The van der Waals surface area contributed by atoms with Crippen LogP contribution in [0, 0.1) is 0 Å². The number of rotatable bonds is 7. The van der Waals surface area contributed by atoms with Gasteiger partial charge in [0.1, 0.15) is 4.83 Å². The molecule has 0 atom stereocenters. The highest BCUT2D eigenvalue weighted by Gasteiger charge is 2.14. The topological polar surface area (TPSA) is 66.1 Å². The van der Waals surface area contributed by atoms with Gasteiger partial charge in [-0.1, -0.05) is 55.4 Å². The summed E-state index contributed by atoms with van der Waals surface area (Å²) in [5, 5.41) is 3.05. The second-order valence-corrected chi connectivity index (χ2v) is 7.85. The average Bonchev–Trinajstić information content (AvgIpc) is 3.09. The van der Waals surface area contributed by atoms with Crippen LogP contribution in [0.2, 0.25) is 0 Å². The van der Waals surface area contributed by atoms with Crippen LogP contribution in [-0.4, -0.2) is 40.1 Å². The van der Waals surface area contributed by atoms with Crippen LogP contribution in [0.25, 0.3) is 21.3 Å². The van der Waals surface area contributed by atoms with E-state index < -0.39 is 0 Å². The van der Waals surface area contributed by atoms with Gasteiger partial charge in [0, 0.05) is 24.5 Å². The Balaban J connectivity index is 1.78. The van der Waals surface area contributed by atoms with Gasteiger partial charge in [-0.25, -0.2) is 4.98 Å². The molecule has 0 fully saturated rings. The predicted molar refractivity (Wildman–Crippen MR) is 109 cm³/mol. The highest BCUT2D eigenvalue weighted by molar-refractivity contribution is 7.99. The van der Waals surface area contributed by atoms with E-state index in [-0.39, 0.29) is 17.2 Å². The molecule has 0 unspecified atom stereocenters. The molecule has 1 aromatic carbocycles. The first-order valence-corrected chi connectivity index (χ1v) is 10.4. The standard InChI is InChI=1S/C19H21N3O2S2/c1-3-4-10-22(2)15(23)12-26-19-20-17(24)16-14(11-25-18(16)21-19)13-8-6-5-7-9-13/h5-9,11H,3-4,10,12H2,1-2H3,(H,20,21,24). The summed E-state index contributed by atoms with van der Waals surface area (Å²) < 4.78 is 0. The SMILES string of the molecule is CCCCN(C)C(=O)CSc1nc2scc(-c3ccccc3)c2c(=O)[nH]1. The number of carbonyl (C=O) groups excluding carboxylic acids is 1. The maximum Gasteiger partial charge on any atom is 0.260 e. The Morgan fingerprint density at radius 1 is 1.31 bits per heavy atom. The molecule has 2 aromatic heterocycles. The molecule has 0 spiro atoms. The fraction of sp³-hybridized carbons (Fsp3) is 0.316. The number of aromatic nitrogens is 2. The third kappa shape index (κ3) is 4.16. The number of nitrogens with zero attached hydrogens (tertiary/aromatic N) is 2. The van der Waals surface area contributed by atoms with E-state index in [4.69, 9.17) is 0 Å². The predicted octanol–water partition coefficient (Wildman–Crippen LogP) is 4.00. The second-order valence-electron chi connectivity index (χ2n) is 6.02. The van der Waals surface area contributed by atoms with E-state index >= 15 is 0 Å². The van der Waals surface area contributed by atoms with Crippen molar-refractivity contribution in [3.05, 3.63) is 46.1 Å². The van der Waals surface area contributed by atoms with Gasteiger partial charge in [-0.2, -0.15) is 0 Å². The van der Waals surface area contributed by atoms with Gasteiger partial charge >= 0.3 is 0 Å². The average molecular weight is 388 g/mol. The Morgan fingerprint density at radius 3 is 2.81 bits per heavy atom. The molecule has 26 heavy (non-hydrogen) atoms. The van der Waals surface area contributed by atoms with E-state index in [0.29, 0.717) is 15.4 Å². The molecule has 0 aliphatic rings. The first-order chi connectivity index (χ1) is 12.6. The lowest BCUT2D eigenvalue weighted by Crippen LogP contribution is -2.29. The lowest BCUT2D eigenvalue weighted by molar-refractivity contribution is -0.127. The molecule has 0 saturated heterocycles. The minimum Gasteiger partial charge on any atom is -0.345 e. The second kappa shape index (κ2) is 8.51. The fourth-order valence-electron chi connectivity index (χ4n) is 2.59. The molecule has 0 bridgehead atoms. The lowest BCUT2D eigenvalue weighted by atomic mass is 10.1. The molecule has 5 nitrogen and oxygen atoms in total. The number of aromatic amines is 1. The van der Waals surface area contributed by atoms with Crippen LogP contribution in [0.15, 0.2) is 45.7 Å². The number of hydrogen-bond donors (Lipinski definition) is 1. The van der Waals surface area contributed by atoms with Gasteiger partial charge in [-0.3, -0.25) is 9.59 Å². The van der Waals surface area contributed by atoms with Gasteiger partial charge in [0.25, 0.3) is 5.56 Å². The van der Waals surface area contributed by atoms with Crippen molar-refractivity contribution >= 4 is 39.2 Å². The molecule has 0 aliphatic carbocycles. The third-order valence-electron chi connectivity index (χ3n) is 4.11. The molecule has 1 N–H and O–H groups in total. The van der Waals surface area contributed by atoms with Crippen LogP contribution in [0.4, 0.5) is 0 Å². The zero-order valence-electron chi connectivity index (χ0n) is 14.8. The Hall–Kier alpha value is -2.12. The summed E-state index contributed by atoms with van der Waals surface area (Å²) in [4.78, 5) is 34.5. The van der Waals surface area contributed by atoms with E-state index in [2.05, 4.69) is 16.9 Å². The van der Waals surface area contributed by atoms with Gasteiger partial charge in [-0.05, 0) is 12.0 Å². The minimum atomic E-state index is -0.163. The van der Waals surface area contributed by atoms with E-state index in [9.17, 15) is 9.59 Å². The maximum atomic E-state index is 12.6. The molecule has 136 valence electrons. The summed E-state index contributed by atoms with van der Waals surface area (Å²) in [5.41, 5.74) is 1.73. The molecule has 1 amide bonds. The Kier molecular flexibility index (Phi) is 6.11. The number of thioether (sulfide) groups is 1. The largest absolute Gasteiger partial charge is 0.345 e. The number of fused-ring (bicyclic) bond motifs is 1. The Labute approximate surface area is 160 Å². The van der Waals surface area contributed by atoms with Gasteiger partial charge in [-0.15, -0.1) is 11.3 Å². The number of hydrogen-bond acceptors (Lipinski definition) is 5. The first-order valence-electron chi connectivity index (χ1n) is 8.54. The van der Waals surface area contributed by atoms with Crippen LogP contribution in [0.5, 0.6) is 0 Å². The van der Waals surface area contributed by atoms with Crippen LogP contribution < -0.4 is 5.56 Å². The normalized spacial score (nSPS) is 11.0. The zero-order chi connectivity index (χ0) is 18.5. The van der Waals surface area contributed by atoms with Crippen molar-refractivity contribution in [3.8, 4) is 11.1 Å². The highest BCUT2D eigenvalue weighted by Crippen LogP contribution is 2.31. The number of benzene rings is 1. The summed E-state index contributed by atoms with van der Waals surface area (Å²) >= 11 is 2.72. The van der Waals surface area contributed by atoms with Crippen LogP contribution >= 0.6 is 23.1 Å². The molecule has 3 rings (SSSR count). The number of thiophene rings is 1. The Bertz CT molecular complexity index is 950. The summed E-state index contributed by atoms with van der Waals surface area (Å²) in [6, 6.07) is 9.81. The van der Waals surface area contributed by atoms with Gasteiger partial charge in [0.2, 0.25) is 5.91 Å². The molecule has 7 heteroatoms. The lowest BCUT2D eigenvalue weighted by Gasteiger charge is -2.16. The molecule has 0 radical (unpaired) electrons. The van der Waals surface area contributed by atoms with E-state index in [1.807, 2.05) is 42.8 Å². The van der Waals surface area contributed by atoms with E-state index in [1.54, 1.807) is 4.90 Å². The summed E-state index contributed by atoms with van der Waals surface area (Å²) in [7, 11) is 1.81. The van der Waals surface area contributed by atoms with Crippen LogP contribution in [0.3, 0.4) is 0 Å². The number of carbonyl (C=O) groups is 1. The van der Waals surface area contributed by atoms with Crippen LogP contribution in [-0.2, 0) is 4.79 Å². The molecule has 2 heterocycles. The van der Waals surface area contributed by atoms with Crippen LogP contribution in [0.1, 0.15) is 19.8 Å². The minimum absolute atomic E-state index is 0.0438. The molecule has 0 saturated carbocycles. The maximum absolute atomic E-state index is 12.6. The van der Waals surface area contributed by atoms with Crippen molar-refractivity contribution in [1.82, 2.24) is 14.9 Å². The number of amides is 1. The van der Waals surface area contributed by atoms with Crippen molar-refractivity contribution < 1.29 is 4.79 Å². The fourth-order valence-corrected chi connectivity index (χ4v) is 4.39. The van der Waals surface area contributed by atoms with Crippen molar-refractivity contribution in [3.63, 3.8) is 0 Å². The monoisotopic (exact) mass is 387 g/mol. The van der Waals surface area contributed by atoms with Gasteiger partial charge in [0.05, 0.1) is 11.1 Å².